The molecule has 0 amide bonds. The van der Waals surface area contributed by atoms with Crippen LogP contribution in [0.3, 0.4) is 0 Å². The maximum atomic E-state index is 10.2. The summed E-state index contributed by atoms with van der Waals surface area (Å²) in [6.45, 7) is 8.12. The summed E-state index contributed by atoms with van der Waals surface area (Å²) in [5.41, 5.74) is 6.03. The minimum Gasteiger partial charge on any atom is -0.507 e. The molecule has 0 atom stereocenters. The summed E-state index contributed by atoms with van der Waals surface area (Å²) < 4.78 is 0. The largest absolute Gasteiger partial charge is 0.507 e. The molecule has 2 heteroatoms. The molecule has 2 aromatic rings. The molecule has 0 unspecified atom stereocenters. The monoisotopic (exact) mass is 298 g/mol. The maximum absolute atomic E-state index is 10.2. The molecule has 0 saturated carbocycles. The van der Waals surface area contributed by atoms with E-state index in [1.807, 2.05) is 26.0 Å². The molecule has 0 heterocycles. The number of aryl methyl sites for hydroxylation is 4. The summed E-state index contributed by atoms with van der Waals surface area (Å²) in [5.74, 6) is 0.824. The van der Waals surface area contributed by atoms with Crippen LogP contribution in [0.5, 0.6) is 11.5 Å². The highest BCUT2D eigenvalue weighted by atomic mass is 16.3. The van der Waals surface area contributed by atoms with E-state index in [1.54, 1.807) is 0 Å². The Balaban J connectivity index is 2.56. The number of hydrogen-bond donors (Lipinski definition) is 2. The van der Waals surface area contributed by atoms with Crippen molar-refractivity contribution in [3.8, 4) is 22.6 Å². The van der Waals surface area contributed by atoms with Crippen molar-refractivity contribution in [3.05, 3.63) is 46.5 Å². The highest BCUT2D eigenvalue weighted by Crippen LogP contribution is 2.34. The molecule has 0 spiro atoms. The summed E-state index contributed by atoms with van der Waals surface area (Å²) in [6, 6.07) is 8.20. The van der Waals surface area contributed by atoms with Gasteiger partial charge in [0.1, 0.15) is 11.5 Å². The van der Waals surface area contributed by atoms with Gasteiger partial charge in [0.15, 0.2) is 0 Å². The molecule has 0 radical (unpaired) electrons. The lowest BCUT2D eigenvalue weighted by Gasteiger charge is -2.14. The van der Waals surface area contributed by atoms with Crippen LogP contribution in [-0.2, 0) is 12.8 Å². The number of phenolic OH excluding ortho intramolecular Hbond substituents is 2. The average Bonchev–Trinajstić information content (AvgIpc) is 2.48. The molecular formula is C20H26O2. The van der Waals surface area contributed by atoms with Gasteiger partial charge in [-0.05, 0) is 84.3 Å². The number of aromatic hydroxyl groups is 2. The molecular weight excluding hydrogens is 272 g/mol. The zero-order chi connectivity index (χ0) is 16.3. The Bertz CT molecular complexity index is 612. The van der Waals surface area contributed by atoms with E-state index in [4.69, 9.17) is 0 Å². The second-order valence-electron chi connectivity index (χ2n) is 6.10. The Morgan fingerprint density at radius 2 is 1.05 bits per heavy atom. The van der Waals surface area contributed by atoms with E-state index >= 15 is 0 Å². The van der Waals surface area contributed by atoms with Crippen molar-refractivity contribution in [1.29, 1.82) is 0 Å². The molecule has 118 valence electrons. The predicted molar refractivity (Wildman–Crippen MR) is 92.7 cm³/mol. The number of rotatable bonds is 5. The second-order valence-corrected chi connectivity index (χ2v) is 6.10. The van der Waals surface area contributed by atoms with E-state index in [9.17, 15) is 10.2 Å². The summed E-state index contributed by atoms with van der Waals surface area (Å²) in [5, 5.41) is 20.4. The van der Waals surface area contributed by atoms with Crippen LogP contribution < -0.4 is 0 Å². The fraction of sp³-hybridized carbons (Fsp3) is 0.400. The lowest BCUT2D eigenvalue weighted by atomic mass is 9.93. The first kappa shape index (κ1) is 16.4. The van der Waals surface area contributed by atoms with Gasteiger partial charge in [0.25, 0.3) is 0 Å². The first-order valence-corrected chi connectivity index (χ1v) is 8.13. The van der Waals surface area contributed by atoms with Crippen LogP contribution in [0.15, 0.2) is 24.3 Å². The fourth-order valence-corrected chi connectivity index (χ4v) is 2.96. The smallest absolute Gasteiger partial charge is 0.121 e. The van der Waals surface area contributed by atoms with Gasteiger partial charge in [-0.25, -0.2) is 0 Å². The zero-order valence-electron chi connectivity index (χ0n) is 14.0. The van der Waals surface area contributed by atoms with E-state index in [0.29, 0.717) is 11.5 Å². The minimum atomic E-state index is 0.412. The molecule has 0 aliphatic carbocycles. The molecule has 22 heavy (non-hydrogen) atoms. The van der Waals surface area contributed by atoms with Crippen molar-refractivity contribution in [3.63, 3.8) is 0 Å². The Kier molecular flexibility index (Phi) is 5.12. The van der Waals surface area contributed by atoms with E-state index in [2.05, 4.69) is 26.0 Å². The third-order valence-electron chi connectivity index (χ3n) is 4.13. The van der Waals surface area contributed by atoms with Gasteiger partial charge in [-0.2, -0.15) is 0 Å². The van der Waals surface area contributed by atoms with Crippen molar-refractivity contribution in [2.45, 2.75) is 53.4 Å². The SMILES string of the molecule is CCCc1cc(-c2cc(C)c(O)c(CCC)c2)cc(C)c1O. The predicted octanol–water partition coefficient (Wildman–Crippen LogP) is 5.29. The second kappa shape index (κ2) is 6.87. The van der Waals surface area contributed by atoms with Gasteiger partial charge in [0, 0.05) is 0 Å². The van der Waals surface area contributed by atoms with E-state index in [0.717, 1.165) is 59.1 Å². The summed E-state index contributed by atoms with van der Waals surface area (Å²) in [7, 11) is 0. The third kappa shape index (κ3) is 3.27. The minimum absolute atomic E-state index is 0.412. The van der Waals surface area contributed by atoms with E-state index in [-0.39, 0.29) is 0 Å². The Morgan fingerprint density at radius 3 is 1.36 bits per heavy atom. The summed E-state index contributed by atoms with van der Waals surface area (Å²) in [6.07, 6.45) is 3.76. The van der Waals surface area contributed by atoms with Crippen molar-refractivity contribution in [1.82, 2.24) is 0 Å². The summed E-state index contributed by atoms with van der Waals surface area (Å²) >= 11 is 0. The van der Waals surface area contributed by atoms with Crippen LogP contribution in [0.25, 0.3) is 11.1 Å². The van der Waals surface area contributed by atoms with Gasteiger partial charge >= 0.3 is 0 Å². The highest BCUT2D eigenvalue weighted by Gasteiger charge is 2.11. The van der Waals surface area contributed by atoms with Gasteiger partial charge in [-0.3, -0.25) is 0 Å². The fourth-order valence-electron chi connectivity index (χ4n) is 2.96. The van der Waals surface area contributed by atoms with E-state index < -0.39 is 0 Å². The first-order chi connectivity index (χ1) is 10.5. The molecule has 0 aliphatic heterocycles. The topological polar surface area (TPSA) is 40.5 Å². The van der Waals surface area contributed by atoms with Gasteiger partial charge in [-0.1, -0.05) is 26.7 Å². The van der Waals surface area contributed by atoms with Crippen molar-refractivity contribution in [2.24, 2.45) is 0 Å². The van der Waals surface area contributed by atoms with Crippen LogP contribution in [-0.4, -0.2) is 10.2 Å². The standard InChI is InChI=1S/C20H26O2/c1-5-7-15-11-17(9-13(3)19(15)21)18-10-14(4)20(22)16(12-18)8-6-2/h9-12,21-22H,5-8H2,1-4H3. The van der Waals surface area contributed by atoms with E-state index in [1.165, 1.54) is 0 Å². The Hall–Kier alpha value is -1.96. The Morgan fingerprint density at radius 1 is 0.682 bits per heavy atom. The van der Waals surface area contributed by atoms with Crippen molar-refractivity contribution in [2.75, 3.05) is 0 Å². The van der Waals surface area contributed by atoms with Crippen molar-refractivity contribution < 1.29 is 10.2 Å². The molecule has 2 rings (SSSR count). The van der Waals surface area contributed by atoms with Gasteiger partial charge in [-0.15, -0.1) is 0 Å². The zero-order valence-corrected chi connectivity index (χ0v) is 14.0. The lowest BCUT2D eigenvalue weighted by Crippen LogP contribution is -1.93. The van der Waals surface area contributed by atoms with Crippen LogP contribution in [0.1, 0.15) is 48.9 Å². The molecule has 0 fully saturated rings. The van der Waals surface area contributed by atoms with Crippen molar-refractivity contribution >= 4 is 0 Å². The third-order valence-corrected chi connectivity index (χ3v) is 4.13. The van der Waals surface area contributed by atoms with Gasteiger partial charge in [0.05, 0.1) is 0 Å². The van der Waals surface area contributed by atoms with Gasteiger partial charge < -0.3 is 10.2 Å². The van der Waals surface area contributed by atoms with Gasteiger partial charge in [0.2, 0.25) is 0 Å². The number of phenols is 2. The molecule has 0 aliphatic rings. The normalized spacial score (nSPS) is 10.9. The molecule has 2 nitrogen and oxygen atoms in total. The number of benzene rings is 2. The van der Waals surface area contributed by atoms with Crippen LogP contribution in [0.2, 0.25) is 0 Å². The molecule has 0 saturated heterocycles. The lowest BCUT2D eigenvalue weighted by molar-refractivity contribution is 0.462. The quantitative estimate of drug-likeness (QED) is 0.787. The Labute approximate surface area is 133 Å². The van der Waals surface area contributed by atoms with Crippen LogP contribution in [0.4, 0.5) is 0 Å². The highest BCUT2D eigenvalue weighted by molar-refractivity contribution is 5.70. The molecule has 0 aromatic heterocycles. The molecule has 2 aromatic carbocycles. The average molecular weight is 298 g/mol. The first-order valence-electron chi connectivity index (χ1n) is 8.13. The molecule has 2 N–H and O–H groups in total. The number of hydrogen-bond acceptors (Lipinski definition) is 2. The summed E-state index contributed by atoms with van der Waals surface area (Å²) in [4.78, 5) is 0. The van der Waals surface area contributed by atoms with Crippen LogP contribution in [0, 0.1) is 13.8 Å². The molecule has 0 bridgehead atoms. The maximum Gasteiger partial charge on any atom is 0.121 e. The van der Waals surface area contributed by atoms with Crippen LogP contribution >= 0.6 is 0 Å².